The van der Waals surface area contributed by atoms with Gasteiger partial charge in [-0.15, -0.1) is 0 Å². The molecule has 0 aliphatic carbocycles. The van der Waals surface area contributed by atoms with Crippen molar-refractivity contribution in [2.24, 2.45) is 4.99 Å². The molecule has 7 nitrogen and oxygen atoms in total. The van der Waals surface area contributed by atoms with Crippen molar-refractivity contribution in [2.75, 3.05) is 7.11 Å². The molecule has 0 saturated heterocycles. The Balaban J connectivity index is 2.68. The summed E-state index contributed by atoms with van der Waals surface area (Å²) in [4.78, 5) is 28.7. The van der Waals surface area contributed by atoms with E-state index in [9.17, 15) is 20.0 Å². The average Bonchev–Trinajstić information content (AvgIpc) is 2.67. The minimum absolute atomic E-state index is 0.0456. The number of aromatic nitrogens is 1. The van der Waals surface area contributed by atoms with E-state index in [1.54, 1.807) is 38.1 Å². The summed E-state index contributed by atoms with van der Waals surface area (Å²) in [5.41, 5.74) is 0.627. The van der Waals surface area contributed by atoms with Crippen LogP contribution in [0.3, 0.4) is 0 Å². The van der Waals surface area contributed by atoms with Gasteiger partial charge in [0.1, 0.15) is 11.6 Å². The number of pyridine rings is 1. The molecule has 2 aromatic rings. The minimum Gasteiger partial charge on any atom is -0.494 e. The number of aromatic hydroxyl groups is 1. The topological polar surface area (TPSA) is 105 Å². The molecule has 0 spiro atoms. The van der Waals surface area contributed by atoms with Crippen LogP contribution in [0.15, 0.2) is 34.1 Å². The van der Waals surface area contributed by atoms with E-state index < -0.39 is 11.5 Å². The maximum Gasteiger partial charge on any atom is 0.340 e. The Morgan fingerprint density at radius 3 is 2.70 bits per heavy atom. The van der Waals surface area contributed by atoms with Crippen molar-refractivity contribution in [3.63, 3.8) is 0 Å². The second kappa shape index (κ2) is 8.32. The van der Waals surface area contributed by atoms with E-state index in [-0.39, 0.29) is 28.6 Å². The van der Waals surface area contributed by atoms with Crippen LogP contribution in [0.2, 0.25) is 0 Å². The van der Waals surface area contributed by atoms with Gasteiger partial charge in [0.25, 0.3) is 5.56 Å². The molecule has 27 heavy (non-hydrogen) atoms. The van der Waals surface area contributed by atoms with Crippen molar-refractivity contribution >= 4 is 17.9 Å². The standard InChI is InChI=1S/C20H21N3O4/c1-5-12(2)23-18(24)15(10-21)13(3)16(19(23)25)11-22-17-9-7-6-8-14(17)20(26)27-4/h6-9,11-12,25H,5H2,1-4H3/t12-/m0/s1. The molecule has 1 aromatic heterocycles. The molecule has 1 heterocycles. The molecular weight excluding hydrogens is 346 g/mol. The van der Waals surface area contributed by atoms with Crippen LogP contribution < -0.4 is 5.56 Å². The zero-order valence-electron chi connectivity index (χ0n) is 15.7. The molecular formula is C20H21N3O4. The Labute approximate surface area is 157 Å². The third-order valence-electron chi connectivity index (χ3n) is 4.47. The predicted octanol–water partition coefficient (Wildman–Crippen LogP) is 3.24. The van der Waals surface area contributed by atoms with Crippen LogP contribution in [0, 0.1) is 18.3 Å². The smallest absolute Gasteiger partial charge is 0.340 e. The van der Waals surface area contributed by atoms with Gasteiger partial charge in [0.2, 0.25) is 5.88 Å². The first-order valence-electron chi connectivity index (χ1n) is 8.46. The number of esters is 1. The first kappa shape index (κ1) is 19.9. The summed E-state index contributed by atoms with van der Waals surface area (Å²) < 4.78 is 5.94. The van der Waals surface area contributed by atoms with Gasteiger partial charge in [-0.05, 0) is 38.0 Å². The number of nitrogens with zero attached hydrogens (tertiary/aromatic N) is 3. The second-order valence-electron chi connectivity index (χ2n) is 6.05. The molecule has 0 saturated carbocycles. The molecule has 1 N–H and O–H groups in total. The van der Waals surface area contributed by atoms with Crippen molar-refractivity contribution < 1.29 is 14.6 Å². The van der Waals surface area contributed by atoms with Crippen LogP contribution in [-0.4, -0.2) is 29.0 Å². The van der Waals surface area contributed by atoms with E-state index in [0.29, 0.717) is 17.7 Å². The largest absolute Gasteiger partial charge is 0.494 e. The number of benzene rings is 1. The van der Waals surface area contributed by atoms with Gasteiger partial charge in [0.15, 0.2) is 0 Å². The van der Waals surface area contributed by atoms with E-state index in [1.807, 2.05) is 13.0 Å². The molecule has 0 aliphatic rings. The van der Waals surface area contributed by atoms with E-state index in [4.69, 9.17) is 4.74 Å². The highest BCUT2D eigenvalue weighted by atomic mass is 16.5. The summed E-state index contributed by atoms with van der Waals surface area (Å²) in [7, 11) is 1.28. The molecule has 0 aliphatic heterocycles. The van der Waals surface area contributed by atoms with Gasteiger partial charge in [-0.2, -0.15) is 5.26 Å². The average molecular weight is 367 g/mol. The van der Waals surface area contributed by atoms with Gasteiger partial charge in [-0.3, -0.25) is 14.4 Å². The van der Waals surface area contributed by atoms with Crippen molar-refractivity contribution in [3.05, 3.63) is 56.9 Å². The fourth-order valence-electron chi connectivity index (χ4n) is 2.69. The van der Waals surface area contributed by atoms with E-state index in [2.05, 4.69) is 4.99 Å². The molecule has 140 valence electrons. The number of carbonyl (C=O) groups excluding carboxylic acids is 1. The van der Waals surface area contributed by atoms with Gasteiger partial charge in [-0.1, -0.05) is 19.1 Å². The summed E-state index contributed by atoms with van der Waals surface area (Å²) in [5.74, 6) is -0.795. The lowest BCUT2D eigenvalue weighted by atomic mass is 10.0. The molecule has 1 aromatic carbocycles. The third kappa shape index (κ3) is 3.75. The Bertz CT molecular complexity index is 1000. The van der Waals surface area contributed by atoms with Crippen LogP contribution in [-0.2, 0) is 4.74 Å². The van der Waals surface area contributed by atoms with Gasteiger partial charge >= 0.3 is 5.97 Å². The quantitative estimate of drug-likeness (QED) is 0.645. The number of aliphatic imine (C=N–C) groups is 1. The lowest BCUT2D eigenvalue weighted by Crippen LogP contribution is -2.27. The van der Waals surface area contributed by atoms with Crippen LogP contribution >= 0.6 is 0 Å². The minimum atomic E-state index is -0.536. The fourth-order valence-corrected chi connectivity index (χ4v) is 2.69. The molecule has 0 fully saturated rings. The lowest BCUT2D eigenvalue weighted by Gasteiger charge is -2.18. The van der Waals surface area contributed by atoms with E-state index in [0.717, 1.165) is 0 Å². The first-order chi connectivity index (χ1) is 12.9. The normalized spacial score (nSPS) is 12.0. The van der Waals surface area contributed by atoms with Crippen LogP contribution in [0.5, 0.6) is 5.88 Å². The van der Waals surface area contributed by atoms with Gasteiger partial charge in [0.05, 0.1) is 23.9 Å². The SMILES string of the molecule is CC[C@H](C)n1c(O)c(C=Nc2ccccc2C(=O)OC)c(C)c(C#N)c1=O. The Morgan fingerprint density at radius 2 is 2.11 bits per heavy atom. The predicted molar refractivity (Wildman–Crippen MR) is 102 cm³/mol. The third-order valence-corrected chi connectivity index (χ3v) is 4.47. The first-order valence-corrected chi connectivity index (χ1v) is 8.46. The van der Waals surface area contributed by atoms with Gasteiger partial charge in [-0.25, -0.2) is 4.79 Å². The van der Waals surface area contributed by atoms with Crippen molar-refractivity contribution in [2.45, 2.75) is 33.2 Å². The number of rotatable bonds is 5. The van der Waals surface area contributed by atoms with Crippen LogP contribution in [0.4, 0.5) is 5.69 Å². The summed E-state index contributed by atoms with van der Waals surface area (Å²) in [5, 5.41) is 20.0. The van der Waals surface area contributed by atoms with Crippen molar-refractivity contribution in [3.8, 4) is 11.9 Å². The summed E-state index contributed by atoms with van der Waals surface area (Å²) in [6, 6.07) is 8.22. The number of para-hydroxylation sites is 1. The van der Waals surface area contributed by atoms with Crippen LogP contribution in [0.1, 0.15) is 53.4 Å². The highest BCUT2D eigenvalue weighted by Gasteiger charge is 2.20. The molecule has 7 heteroatoms. The maximum absolute atomic E-state index is 12.5. The second-order valence-corrected chi connectivity index (χ2v) is 6.05. The number of nitriles is 1. The maximum atomic E-state index is 12.5. The number of carbonyl (C=O) groups is 1. The highest BCUT2D eigenvalue weighted by Crippen LogP contribution is 2.26. The summed E-state index contributed by atoms with van der Waals surface area (Å²) in [6.45, 7) is 5.24. The molecule has 0 amide bonds. The van der Waals surface area contributed by atoms with Gasteiger partial charge < -0.3 is 9.84 Å². The molecule has 1 atom stereocenters. The summed E-state index contributed by atoms with van der Waals surface area (Å²) in [6.07, 6.45) is 1.95. The summed E-state index contributed by atoms with van der Waals surface area (Å²) >= 11 is 0. The van der Waals surface area contributed by atoms with Gasteiger partial charge in [0, 0.05) is 12.3 Å². The molecule has 0 bridgehead atoms. The van der Waals surface area contributed by atoms with Crippen molar-refractivity contribution in [1.82, 2.24) is 4.57 Å². The Morgan fingerprint density at radius 1 is 1.44 bits per heavy atom. The lowest BCUT2D eigenvalue weighted by molar-refractivity contribution is 0.0601. The molecule has 0 unspecified atom stereocenters. The van der Waals surface area contributed by atoms with Crippen LogP contribution in [0.25, 0.3) is 0 Å². The monoisotopic (exact) mass is 367 g/mol. The zero-order chi connectivity index (χ0) is 20.1. The van der Waals surface area contributed by atoms with Crippen molar-refractivity contribution in [1.29, 1.82) is 5.26 Å². The van der Waals surface area contributed by atoms with E-state index in [1.165, 1.54) is 17.9 Å². The number of hydrogen-bond donors (Lipinski definition) is 1. The fraction of sp³-hybridized carbons (Fsp3) is 0.300. The Kier molecular flexibility index (Phi) is 6.14. The Hall–Kier alpha value is -3.40. The number of hydrogen-bond acceptors (Lipinski definition) is 6. The molecule has 0 radical (unpaired) electrons. The number of methoxy groups -OCH3 is 1. The zero-order valence-corrected chi connectivity index (χ0v) is 15.7. The molecule has 2 rings (SSSR count). The van der Waals surface area contributed by atoms with E-state index >= 15 is 0 Å². The highest BCUT2D eigenvalue weighted by molar-refractivity contribution is 5.96. The number of ether oxygens (including phenoxy) is 1.